The fourth-order valence-electron chi connectivity index (χ4n) is 1.92. The Hall–Kier alpha value is -1.33. The molecule has 1 atom stereocenters. The number of nitrogens with zero attached hydrogens (tertiary/aromatic N) is 1. The highest BCUT2D eigenvalue weighted by Gasteiger charge is 2.31. The van der Waals surface area contributed by atoms with Crippen LogP contribution < -0.4 is 5.73 Å². The maximum absolute atomic E-state index is 13.6. The molecule has 1 fully saturated rings. The van der Waals surface area contributed by atoms with Crippen LogP contribution in [0.1, 0.15) is 23.9 Å². The van der Waals surface area contributed by atoms with Crippen molar-refractivity contribution in [3.63, 3.8) is 0 Å². The minimum absolute atomic E-state index is 0.0691. The fraction of sp³-hybridized carbons (Fsp3) is 0.308. The molecule has 1 aliphatic carbocycles. The summed E-state index contributed by atoms with van der Waals surface area (Å²) in [7, 11) is 0. The highest BCUT2D eigenvalue weighted by atomic mass is 32.1. The van der Waals surface area contributed by atoms with Crippen LogP contribution in [0.4, 0.5) is 8.78 Å². The van der Waals surface area contributed by atoms with Crippen molar-refractivity contribution >= 4 is 11.3 Å². The summed E-state index contributed by atoms with van der Waals surface area (Å²) in [5.41, 5.74) is 6.70. The zero-order valence-electron chi connectivity index (χ0n) is 9.57. The van der Waals surface area contributed by atoms with E-state index in [0.717, 1.165) is 23.9 Å². The highest BCUT2D eigenvalue weighted by Crippen LogP contribution is 2.41. The first kappa shape index (κ1) is 11.7. The summed E-state index contributed by atoms with van der Waals surface area (Å²) in [4.78, 5) is 4.33. The van der Waals surface area contributed by atoms with Crippen molar-refractivity contribution in [2.24, 2.45) is 11.7 Å². The normalized spacial score (nSPS) is 16.8. The van der Waals surface area contributed by atoms with Crippen LogP contribution in [0.25, 0.3) is 11.3 Å². The van der Waals surface area contributed by atoms with Crippen LogP contribution in [0.5, 0.6) is 0 Å². The molecule has 0 radical (unpaired) electrons. The maximum atomic E-state index is 13.6. The van der Waals surface area contributed by atoms with Crippen LogP contribution in [0.3, 0.4) is 0 Å². The Balaban J connectivity index is 1.94. The van der Waals surface area contributed by atoms with Crippen molar-refractivity contribution in [2.75, 3.05) is 0 Å². The number of aromatic nitrogens is 1. The molecule has 5 heteroatoms. The third-order valence-electron chi connectivity index (χ3n) is 3.16. The van der Waals surface area contributed by atoms with E-state index in [0.29, 0.717) is 11.6 Å². The molecular formula is C13H12F2N2S. The molecule has 1 heterocycles. The molecule has 0 aliphatic heterocycles. The second-order valence-corrected chi connectivity index (χ2v) is 5.43. The number of rotatable bonds is 3. The van der Waals surface area contributed by atoms with Gasteiger partial charge in [0, 0.05) is 10.9 Å². The first-order chi connectivity index (χ1) is 8.66. The van der Waals surface area contributed by atoms with Crippen LogP contribution in [0.15, 0.2) is 23.6 Å². The SMILES string of the molecule is NC(c1nc(-c2cccc(F)c2F)cs1)C1CC1. The molecule has 94 valence electrons. The maximum Gasteiger partial charge on any atom is 0.168 e. The van der Waals surface area contributed by atoms with Crippen LogP contribution in [-0.4, -0.2) is 4.98 Å². The quantitative estimate of drug-likeness (QED) is 0.923. The summed E-state index contributed by atoms with van der Waals surface area (Å²) in [5.74, 6) is -1.20. The first-order valence-electron chi connectivity index (χ1n) is 5.82. The van der Waals surface area contributed by atoms with Crippen LogP contribution >= 0.6 is 11.3 Å². The summed E-state index contributed by atoms with van der Waals surface area (Å²) in [6.07, 6.45) is 2.26. The average molecular weight is 266 g/mol. The van der Waals surface area contributed by atoms with Gasteiger partial charge in [-0.2, -0.15) is 0 Å². The van der Waals surface area contributed by atoms with Gasteiger partial charge in [-0.1, -0.05) is 6.07 Å². The van der Waals surface area contributed by atoms with E-state index in [1.807, 2.05) is 0 Å². The summed E-state index contributed by atoms with van der Waals surface area (Å²) in [6.45, 7) is 0. The summed E-state index contributed by atoms with van der Waals surface area (Å²) in [5, 5.41) is 2.53. The lowest BCUT2D eigenvalue weighted by molar-refractivity contribution is 0.511. The standard InChI is InChI=1S/C13H12F2N2S/c14-9-3-1-2-8(11(9)15)10-6-18-13(17-10)12(16)7-4-5-7/h1-3,6-7,12H,4-5,16H2. The Morgan fingerprint density at radius 1 is 1.33 bits per heavy atom. The number of thiazole rings is 1. The van der Waals surface area contributed by atoms with E-state index in [9.17, 15) is 8.78 Å². The van der Waals surface area contributed by atoms with Gasteiger partial charge >= 0.3 is 0 Å². The lowest BCUT2D eigenvalue weighted by Crippen LogP contribution is -2.11. The van der Waals surface area contributed by atoms with Gasteiger partial charge in [0.15, 0.2) is 11.6 Å². The molecule has 18 heavy (non-hydrogen) atoms. The molecule has 1 unspecified atom stereocenters. The molecule has 1 aliphatic rings. The zero-order chi connectivity index (χ0) is 12.7. The molecule has 2 N–H and O–H groups in total. The van der Waals surface area contributed by atoms with Crippen LogP contribution in [0, 0.1) is 17.6 Å². The topological polar surface area (TPSA) is 38.9 Å². The predicted molar refractivity (Wildman–Crippen MR) is 67.1 cm³/mol. The van der Waals surface area contributed by atoms with Gasteiger partial charge in [-0.15, -0.1) is 11.3 Å². The third kappa shape index (κ3) is 2.04. The van der Waals surface area contributed by atoms with Gasteiger partial charge in [0.1, 0.15) is 5.01 Å². The minimum Gasteiger partial charge on any atom is -0.322 e. The summed E-state index contributed by atoms with van der Waals surface area (Å²) in [6, 6.07) is 4.04. The Kier molecular flexibility index (Phi) is 2.87. The molecule has 2 aromatic rings. The van der Waals surface area contributed by atoms with Gasteiger partial charge in [0.25, 0.3) is 0 Å². The zero-order valence-corrected chi connectivity index (χ0v) is 10.4. The molecule has 1 saturated carbocycles. The predicted octanol–water partition coefficient (Wildman–Crippen LogP) is 3.50. The fourth-order valence-corrected chi connectivity index (χ4v) is 2.84. The van der Waals surface area contributed by atoms with Gasteiger partial charge < -0.3 is 5.73 Å². The summed E-state index contributed by atoms with van der Waals surface area (Å²) >= 11 is 1.41. The molecule has 0 saturated heterocycles. The van der Waals surface area contributed by atoms with E-state index < -0.39 is 11.6 Å². The Labute approximate surface area is 107 Å². The van der Waals surface area contributed by atoms with E-state index in [1.165, 1.54) is 23.5 Å². The molecule has 3 rings (SSSR count). The van der Waals surface area contributed by atoms with Crippen molar-refractivity contribution in [1.82, 2.24) is 4.98 Å². The monoisotopic (exact) mass is 266 g/mol. The number of hydrogen-bond donors (Lipinski definition) is 1. The number of nitrogens with two attached hydrogens (primary N) is 1. The van der Waals surface area contributed by atoms with Crippen LogP contribution in [0.2, 0.25) is 0 Å². The Morgan fingerprint density at radius 3 is 2.83 bits per heavy atom. The first-order valence-corrected chi connectivity index (χ1v) is 6.70. The second kappa shape index (κ2) is 4.40. The van der Waals surface area contributed by atoms with E-state index in [-0.39, 0.29) is 11.6 Å². The number of hydrogen-bond acceptors (Lipinski definition) is 3. The van der Waals surface area contributed by atoms with Gasteiger partial charge in [-0.25, -0.2) is 13.8 Å². The highest BCUT2D eigenvalue weighted by molar-refractivity contribution is 7.10. The smallest absolute Gasteiger partial charge is 0.168 e. The van der Waals surface area contributed by atoms with Crippen molar-refractivity contribution in [3.05, 3.63) is 40.2 Å². The van der Waals surface area contributed by atoms with Crippen molar-refractivity contribution in [3.8, 4) is 11.3 Å². The van der Waals surface area contributed by atoms with Crippen molar-refractivity contribution in [2.45, 2.75) is 18.9 Å². The van der Waals surface area contributed by atoms with Crippen molar-refractivity contribution in [1.29, 1.82) is 0 Å². The molecule has 0 bridgehead atoms. The molecule has 2 nitrogen and oxygen atoms in total. The van der Waals surface area contributed by atoms with Gasteiger partial charge in [0.05, 0.1) is 11.7 Å². The van der Waals surface area contributed by atoms with E-state index in [4.69, 9.17) is 5.73 Å². The number of halogens is 2. The average Bonchev–Trinajstić information content (AvgIpc) is 3.10. The Morgan fingerprint density at radius 2 is 2.11 bits per heavy atom. The van der Waals surface area contributed by atoms with Gasteiger partial charge in [0.2, 0.25) is 0 Å². The van der Waals surface area contributed by atoms with E-state index >= 15 is 0 Å². The number of benzene rings is 1. The van der Waals surface area contributed by atoms with Crippen LogP contribution in [-0.2, 0) is 0 Å². The lowest BCUT2D eigenvalue weighted by atomic mass is 10.1. The van der Waals surface area contributed by atoms with Gasteiger partial charge in [-0.05, 0) is 30.9 Å². The second-order valence-electron chi connectivity index (χ2n) is 4.54. The van der Waals surface area contributed by atoms with Crippen molar-refractivity contribution < 1.29 is 8.78 Å². The summed E-state index contributed by atoms with van der Waals surface area (Å²) < 4.78 is 26.8. The Bertz CT molecular complexity index is 578. The molecule has 0 amide bonds. The molecule has 0 spiro atoms. The largest absolute Gasteiger partial charge is 0.322 e. The third-order valence-corrected chi connectivity index (χ3v) is 4.11. The van der Waals surface area contributed by atoms with E-state index in [2.05, 4.69) is 4.98 Å². The molecular weight excluding hydrogens is 254 g/mol. The minimum atomic E-state index is -0.853. The molecule has 1 aromatic carbocycles. The molecule has 1 aromatic heterocycles. The van der Waals surface area contributed by atoms with E-state index in [1.54, 1.807) is 5.38 Å². The van der Waals surface area contributed by atoms with Gasteiger partial charge in [-0.3, -0.25) is 0 Å². The lowest BCUT2D eigenvalue weighted by Gasteiger charge is -2.05.